The summed E-state index contributed by atoms with van der Waals surface area (Å²) in [5.74, 6) is 1.45. The van der Waals surface area contributed by atoms with Gasteiger partial charge in [0.2, 0.25) is 0 Å². The van der Waals surface area contributed by atoms with E-state index in [1.165, 1.54) is 0 Å². The van der Waals surface area contributed by atoms with Crippen LogP contribution >= 0.6 is 11.6 Å². The molecule has 0 aliphatic carbocycles. The Bertz CT molecular complexity index is 757. The zero-order valence-corrected chi connectivity index (χ0v) is 16.5. The Morgan fingerprint density at radius 1 is 1.19 bits per heavy atom. The number of benzene rings is 2. The van der Waals surface area contributed by atoms with E-state index in [0.29, 0.717) is 28.9 Å². The third-order valence-corrected chi connectivity index (χ3v) is 5.20. The summed E-state index contributed by atoms with van der Waals surface area (Å²) in [5, 5.41) is 4.10. The number of carbonyl (C=O) groups is 1. The molecule has 1 amide bonds. The predicted octanol–water partition coefficient (Wildman–Crippen LogP) is 4.38. The van der Waals surface area contributed by atoms with E-state index in [1.807, 2.05) is 53.4 Å². The van der Waals surface area contributed by atoms with Crippen LogP contribution in [0.1, 0.15) is 35.7 Å². The van der Waals surface area contributed by atoms with Crippen LogP contribution in [0.5, 0.6) is 5.75 Å². The van der Waals surface area contributed by atoms with Gasteiger partial charge in [0.05, 0.1) is 0 Å². The van der Waals surface area contributed by atoms with Crippen LogP contribution in [0.15, 0.2) is 48.5 Å². The minimum atomic E-state index is 0.0881. The smallest absolute Gasteiger partial charge is 0.253 e. The molecule has 1 saturated heterocycles. The number of piperidine rings is 1. The third kappa shape index (κ3) is 5.72. The Hall–Kier alpha value is -2.04. The molecule has 4 nitrogen and oxygen atoms in total. The minimum absolute atomic E-state index is 0.0881. The molecule has 2 aromatic rings. The van der Waals surface area contributed by atoms with Gasteiger partial charge in [-0.3, -0.25) is 4.79 Å². The summed E-state index contributed by atoms with van der Waals surface area (Å²) < 4.78 is 5.85. The van der Waals surface area contributed by atoms with Crippen LogP contribution in [-0.4, -0.2) is 37.0 Å². The van der Waals surface area contributed by atoms with Crippen molar-refractivity contribution in [2.24, 2.45) is 5.92 Å². The topological polar surface area (TPSA) is 41.6 Å². The lowest BCUT2D eigenvalue weighted by molar-refractivity contribution is 0.0690. The largest absolute Gasteiger partial charge is 0.489 e. The molecule has 1 heterocycles. The first-order chi connectivity index (χ1) is 13.2. The molecule has 1 fully saturated rings. The third-order valence-electron chi connectivity index (χ3n) is 4.96. The van der Waals surface area contributed by atoms with Gasteiger partial charge < -0.3 is 15.0 Å². The van der Waals surface area contributed by atoms with Gasteiger partial charge >= 0.3 is 0 Å². The number of nitrogens with zero attached hydrogens (tertiary/aromatic N) is 1. The maximum Gasteiger partial charge on any atom is 0.253 e. The van der Waals surface area contributed by atoms with E-state index in [1.54, 1.807) is 0 Å². The second-order valence-corrected chi connectivity index (χ2v) is 7.43. The molecule has 1 N–H and O–H groups in total. The van der Waals surface area contributed by atoms with Crippen LogP contribution in [0.3, 0.4) is 0 Å². The molecule has 0 saturated carbocycles. The van der Waals surface area contributed by atoms with E-state index >= 15 is 0 Å². The molecule has 144 valence electrons. The molecule has 0 bridgehead atoms. The average molecular weight is 387 g/mol. The number of nitrogens with one attached hydrogen (secondary N) is 1. The molecule has 5 heteroatoms. The summed E-state index contributed by atoms with van der Waals surface area (Å²) in [6.07, 6.45) is 2.12. The molecule has 2 aromatic carbocycles. The molecule has 3 rings (SSSR count). The van der Waals surface area contributed by atoms with Crippen molar-refractivity contribution in [3.63, 3.8) is 0 Å². The highest BCUT2D eigenvalue weighted by Gasteiger charge is 2.23. The summed E-state index contributed by atoms with van der Waals surface area (Å²) in [6, 6.07) is 15.0. The van der Waals surface area contributed by atoms with Crippen molar-refractivity contribution in [3.05, 3.63) is 64.7 Å². The molecule has 0 radical (unpaired) electrons. The van der Waals surface area contributed by atoms with Crippen molar-refractivity contribution in [3.8, 4) is 5.75 Å². The van der Waals surface area contributed by atoms with Crippen molar-refractivity contribution in [2.45, 2.75) is 26.4 Å². The van der Waals surface area contributed by atoms with Crippen LogP contribution in [-0.2, 0) is 6.61 Å². The van der Waals surface area contributed by atoms with Gasteiger partial charge in [-0.2, -0.15) is 0 Å². The molecule has 0 spiro atoms. The fourth-order valence-corrected chi connectivity index (χ4v) is 3.60. The highest BCUT2D eigenvalue weighted by atomic mass is 35.5. The van der Waals surface area contributed by atoms with E-state index in [4.69, 9.17) is 16.3 Å². The Labute approximate surface area is 166 Å². The Balaban J connectivity index is 1.56. The van der Waals surface area contributed by atoms with Crippen LogP contribution < -0.4 is 10.1 Å². The van der Waals surface area contributed by atoms with Gasteiger partial charge in [0.25, 0.3) is 5.91 Å². The average Bonchev–Trinajstić information content (AvgIpc) is 2.71. The minimum Gasteiger partial charge on any atom is -0.489 e. The summed E-state index contributed by atoms with van der Waals surface area (Å²) in [4.78, 5) is 14.8. The van der Waals surface area contributed by atoms with Gasteiger partial charge in [0.1, 0.15) is 12.4 Å². The zero-order chi connectivity index (χ0) is 19.1. The number of hydrogen-bond acceptors (Lipinski definition) is 3. The lowest BCUT2D eigenvalue weighted by atomic mass is 9.96. The van der Waals surface area contributed by atoms with Crippen LogP contribution in [0, 0.1) is 5.92 Å². The fourth-order valence-electron chi connectivity index (χ4n) is 3.38. The van der Waals surface area contributed by atoms with Gasteiger partial charge in [-0.25, -0.2) is 0 Å². The zero-order valence-electron chi connectivity index (χ0n) is 15.8. The number of carbonyl (C=O) groups excluding carboxylic acids is 1. The van der Waals surface area contributed by atoms with E-state index < -0.39 is 0 Å². The maximum atomic E-state index is 12.8. The van der Waals surface area contributed by atoms with Crippen LogP contribution in [0.25, 0.3) is 0 Å². The lowest BCUT2D eigenvalue weighted by Crippen LogP contribution is -2.40. The molecular weight excluding hydrogens is 360 g/mol. The summed E-state index contributed by atoms with van der Waals surface area (Å²) in [5.41, 5.74) is 1.69. The normalized spacial score (nSPS) is 15.0. The quantitative estimate of drug-likeness (QED) is 0.767. The van der Waals surface area contributed by atoms with E-state index in [2.05, 4.69) is 12.2 Å². The molecule has 1 aliphatic rings. The van der Waals surface area contributed by atoms with Crippen LogP contribution in [0.4, 0.5) is 0 Å². The Kier molecular flexibility index (Phi) is 7.13. The monoisotopic (exact) mass is 386 g/mol. The summed E-state index contributed by atoms with van der Waals surface area (Å²) in [6.45, 7) is 6.24. The predicted molar refractivity (Wildman–Crippen MR) is 109 cm³/mol. The van der Waals surface area contributed by atoms with Crippen molar-refractivity contribution in [2.75, 3.05) is 26.2 Å². The number of hydrogen-bond donors (Lipinski definition) is 1. The standard InChI is InChI=1S/C22H27ClN2O2/c1-2-24-15-17-9-11-25(12-10-17)22(26)19-6-4-8-21(14-19)27-16-18-5-3-7-20(23)13-18/h3-8,13-14,17,24H,2,9-12,15-16H2,1H3. The highest BCUT2D eigenvalue weighted by molar-refractivity contribution is 6.30. The Morgan fingerprint density at radius 2 is 1.96 bits per heavy atom. The van der Waals surface area contributed by atoms with Crippen molar-refractivity contribution < 1.29 is 9.53 Å². The molecule has 0 unspecified atom stereocenters. The second kappa shape index (κ2) is 9.77. The van der Waals surface area contributed by atoms with Gasteiger partial charge in [-0.05, 0) is 67.7 Å². The highest BCUT2D eigenvalue weighted by Crippen LogP contribution is 2.21. The Morgan fingerprint density at radius 3 is 2.70 bits per heavy atom. The SMILES string of the molecule is CCNCC1CCN(C(=O)c2cccc(OCc3cccc(Cl)c3)c2)CC1. The lowest BCUT2D eigenvalue weighted by Gasteiger charge is -2.32. The van der Waals surface area contributed by atoms with E-state index in [-0.39, 0.29) is 5.91 Å². The molecule has 27 heavy (non-hydrogen) atoms. The first-order valence-corrected chi connectivity index (χ1v) is 10.0. The van der Waals surface area contributed by atoms with Gasteiger partial charge in [0, 0.05) is 23.7 Å². The number of halogens is 1. The number of amides is 1. The van der Waals surface area contributed by atoms with Gasteiger partial charge in [-0.15, -0.1) is 0 Å². The van der Waals surface area contributed by atoms with E-state index in [0.717, 1.165) is 44.6 Å². The second-order valence-electron chi connectivity index (χ2n) is 6.99. The summed E-state index contributed by atoms with van der Waals surface area (Å²) in [7, 11) is 0. The van der Waals surface area contributed by atoms with E-state index in [9.17, 15) is 4.79 Å². The molecule has 0 atom stereocenters. The van der Waals surface area contributed by atoms with Crippen LogP contribution in [0.2, 0.25) is 5.02 Å². The van der Waals surface area contributed by atoms with Gasteiger partial charge in [0.15, 0.2) is 0 Å². The fraction of sp³-hybridized carbons (Fsp3) is 0.409. The van der Waals surface area contributed by atoms with Crippen molar-refractivity contribution in [1.82, 2.24) is 10.2 Å². The van der Waals surface area contributed by atoms with Crippen molar-refractivity contribution >= 4 is 17.5 Å². The first-order valence-electron chi connectivity index (χ1n) is 9.63. The van der Waals surface area contributed by atoms with Crippen molar-refractivity contribution in [1.29, 1.82) is 0 Å². The summed E-state index contributed by atoms with van der Waals surface area (Å²) >= 11 is 6.01. The van der Waals surface area contributed by atoms with Gasteiger partial charge in [-0.1, -0.05) is 36.7 Å². The number of ether oxygens (including phenoxy) is 1. The molecule has 0 aromatic heterocycles. The number of rotatable bonds is 7. The molecule has 1 aliphatic heterocycles. The first kappa shape index (κ1) is 19.7. The molecular formula is C22H27ClN2O2. The maximum absolute atomic E-state index is 12.8. The number of likely N-dealkylation sites (tertiary alicyclic amines) is 1.